The van der Waals surface area contributed by atoms with E-state index in [1.165, 1.54) is 0 Å². The Balaban J connectivity index is 1.68. The molecule has 3 aromatic carbocycles. The van der Waals surface area contributed by atoms with Gasteiger partial charge in [-0.05, 0) is 74.9 Å². The van der Waals surface area contributed by atoms with Gasteiger partial charge in [-0.1, -0.05) is 36.4 Å². The molecule has 0 fully saturated rings. The van der Waals surface area contributed by atoms with E-state index in [0.717, 1.165) is 57.6 Å². The summed E-state index contributed by atoms with van der Waals surface area (Å²) >= 11 is 0. The molecule has 0 spiro atoms. The minimum atomic E-state index is 0.618. The lowest BCUT2D eigenvalue weighted by Crippen LogP contribution is -1.92. The number of aromatic nitrogens is 2. The Morgan fingerprint density at radius 2 is 1.26 bits per heavy atom. The van der Waals surface area contributed by atoms with Gasteiger partial charge in [0.2, 0.25) is 0 Å². The minimum absolute atomic E-state index is 0.618. The molecule has 0 aliphatic rings. The molecule has 0 aliphatic carbocycles. The zero-order valence-electron chi connectivity index (χ0n) is 20.6. The first-order valence-electron chi connectivity index (χ1n) is 12.1. The standard InChI is InChI=1S/C30H32N2O3/c1-4-33-21-7-8-22-9-11-25(12-10-22)30-31-28(23-13-17-26(18-14-23)34-5-2)29(32-30)24-15-19-27(20-16-24)35-6-3/h7-20H,4-6,21H2,1-3H3,(H,31,32)/b8-7+. The molecule has 4 rings (SSSR count). The zero-order chi connectivity index (χ0) is 24.5. The van der Waals surface area contributed by atoms with Gasteiger partial charge in [-0.2, -0.15) is 0 Å². The molecule has 1 N–H and O–H groups in total. The molecule has 0 unspecified atom stereocenters. The van der Waals surface area contributed by atoms with Gasteiger partial charge >= 0.3 is 0 Å². The number of rotatable bonds is 11. The van der Waals surface area contributed by atoms with Crippen LogP contribution in [-0.4, -0.2) is 36.4 Å². The third-order valence-electron chi connectivity index (χ3n) is 5.51. The maximum atomic E-state index is 5.62. The van der Waals surface area contributed by atoms with Gasteiger partial charge in [-0.3, -0.25) is 0 Å². The smallest absolute Gasteiger partial charge is 0.138 e. The summed E-state index contributed by atoms with van der Waals surface area (Å²) in [5, 5.41) is 0. The molecular formula is C30H32N2O3. The fraction of sp³-hybridized carbons (Fsp3) is 0.233. The van der Waals surface area contributed by atoms with Crippen LogP contribution in [0.25, 0.3) is 40.0 Å². The van der Waals surface area contributed by atoms with E-state index in [-0.39, 0.29) is 0 Å². The van der Waals surface area contributed by atoms with Crippen LogP contribution in [0.2, 0.25) is 0 Å². The second-order valence-electron chi connectivity index (χ2n) is 7.91. The van der Waals surface area contributed by atoms with Gasteiger partial charge in [0.05, 0.1) is 31.2 Å². The van der Waals surface area contributed by atoms with Crippen molar-refractivity contribution in [2.45, 2.75) is 20.8 Å². The molecule has 4 aromatic rings. The maximum Gasteiger partial charge on any atom is 0.138 e. The Hall–Kier alpha value is -3.83. The van der Waals surface area contributed by atoms with E-state index in [4.69, 9.17) is 19.2 Å². The Bertz CT molecular complexity index is 1160. The van der Waals surface area contributed by atoms with Crippen LogP contribution >= 0.6 is 0 Å². The van der Waals surface area contributed by atoms with Gasteiger partial charge < -0.3 is 19.2 Å². The molecular weight excluding hydrogens is 436 g/mol. The molecule has 0 radical (unpaired) electrons. The summed E-state index contributed by atoms with van der Waals surface area (Å²) in [5.74, 6) is 2.52. The summed E-state index contributed by atoms with van der Waals surface area (Å²) in [7, 11) is 0. The Kier molecular flexibility index (Phi) is 8.36. The molecule has 0 atom stereocenters. The number of nitrogens with zero attached hydrogens (tertiary/aromatic N) is 1. The minimum Gasteiger partial charge on any atom is -0.494 e. The summed E-state index contributed by atoms with van der Waals surface area (Å²) in [4.78, 5) is 8.57. The highest BCUT2D eigenvalue weighted by atomic mass is 16.5. The highest BCUT2D eigenvalue weighted by Crippen LogP contribution is 2.34. The highest BCUT2D eigenvalue weighted by Gasteiger charge is 2.16. The van der Waals surface area contributed by atoms with Crippen molar-refractivity contribution in [2.24, 2.45) is 0 Å². The normalized spacial score (nSPS) is 11.2. The number of imidazole rings is 1. The molecule has 0 bridgehead atoms. The van der Waals surface area contributed by atoms with Crippen LogP contribution in [-0.2, 0) is 4.74 Å². The van der Waals surface area contributed by atoms with Crippen molar-refractivity contribution >= 4 is 6.08 Å². The molecule has 0 aliphatic heterocycles. The van der Waals surface area contributed by atoms with Crippen LogP contribution in [0.3, 0.4) is 0 Å². The summed E-state index contributed by atoms with van der Waals surface area (Å²) < 4.78 is 16.6. The number of benzene rings is 3. The van der Waals surface area contributed by atoms with Crippen molar-refractivity contribution in [1.82, 2.24) is 9.97 Å². The SMILES string of the molecule is CCOC/C=C/c1ccc(-c2nc(-c3ccc(OCC)cc3)c(-c3ccc(OCC)cc3)[nH]2)cc1. The van der Waals surface area contributed by atoms with Crippen LogP contribution < -0.4 is 9.47 Å². The molecule has 1 heterocycles. The lowest BCUT2D eigenvalue weighted by atomic mass is 10.0. The average molecular weight is 469 g/mol. The number of nitrogens with one attached hydrogen (secondary N) is 1. The second-order valence-corrected chi connectivity index (χ2v) is 7.91. The number of hydrogen-bond donors (Lipinski definition) is 1. The Morgan fingerprint density at radius 3 is 1.83 bits per heavy atom. The van der Waals surface area contributed by atoms with Crippen LogP contribution in [0.1, 0.15) is 26.3 Å². The van der Waals surface area contributed by atoms with Crippen LogP contribution in [0.4, 0.5) is 0 Å². The molecule has 0 amide bonds. The summed E-state index contributed by atoms with van der Waals surface area (Å²) in [6.07, 6.45) is 4.09. The van der Waals surface area contributed by atoms with Gasteiger partial charge in [0.1, 0.15) is 17.3 Å². The highest BCUT2D eigenvalue weighted by molar-refractivity contribution is 5.81. The van der Waals surface area contributed by atoms with Gasteiger partial charge in [-0.25, -0.2) is 4.98 Å². The topological polar surface area (TPSA) is 56.4 Å². The van der Waals surface area contributed by atoms with Gasteiger partial charge in [-0.15, -0.1) is 0 Å². The third-order valence-corrected chi connectivity index (χ3v) is 5.51. The maximum absolute atomic E-state index is 5.62. The predicted octanol–water partition coefficient (Wildman–Crippen LogP) is 7.26. The molecule has 5 nitrogen and oxygen atoms in total. The first-order valence-corrected chi connectivity index (χ1v) is 12.1. The van der Waals surface area contributed by atoms with E-state index >= 15 is 0 Å². The van der Waals surface area contributed by atoms with Crippen molar-refractivity contribution in [3.63, 3.8) is 0 Å². The zero-order valence-corrected chi connectivity index (χ0v) is 20.6. The molecule has 5 heteroatoms. The van der Waals surface area contributed by atoms with E-state index in [1.807, 2.05) is 51.1 Å². The monoisotopic (exact) mass is 468 g/mol. The summed E-state index contributed by atoms with van der Waals surface area (Å²) in [6.45, 7) is 8.58. The van der Waals surface area contributed by atoms with E-state index in [1.54, 1.807) is 0 Å². The lowest BCUT2D eigenvalue weighted by Gasteiger charge is -2.07. The molecule has 0 saturated heterocycles. The Labute approximate surface area is 207 Å². The number of H-pyrrole nitrogens is 1. The van der Waals surface area contributed by atoms with E-state index in [2.05, 4.69) is 59.6 Å². The van der Waals surface area contributed by atoms with Crippen molar-refractivity contribution in [3.05, 3.63) is 84.4 Å². The first-order chi connectivity index (χ1) is 17.2. The van der Waals surface area contributed by atoms with Crippen molar-refractivity contribution < 1.29 is 14.2 Å². The molecule has 180 valence electrons. The van der Waals surface area contributed by atoms with Crippen molar-refractivity contribution in [2.75, 3.05) is 26.4 Å². The largest absolute Gasteiger partial charge is 0.494 e. The number of aromatic amines is 1. The van der Waals surface area contributed by atoms with E-state index in [9.17, 15) is 0 Å². The summed E-state index contributed by atoms with van der Waals surface area (Å²) in [5.41, 5.74) is 6.08. The van der Waals surface area contributed by atoms with Crippen LogP contribution in [0, 0.1) is 0 Å². The second kappa shape index (κ2) is 12.0. The predicted molar refractivity (Wildman–Crippen MR) is 143 cm³/mol. The lowest BCUT2D eigenvalue weighted by molar-refractivity contribution is 0.178. The fourth-order valence-electron chi connectivity index (χ4n) is 3.81. The number of ether oxygens (including phenoxy) is 3. The van der Waals surface area contributed by atoms with E-state index < -0.39 is 0 Å². The van der Waals surface area contributed by atoms with Crippen molar-refractivity contribution in [1.29, 1.82) is 0 Å². The molecule has 1 aromatic heterocycles. The van der Waals surface area contributed by atoms with Crippen LogP contribution in [0.5, 0.6) is 11.5 Å². The van der Waals surface area contributed by atoms with Gasteiger partial charge in [0.25, 0.3) is 0 Å². The average Bonchev–Trinajstić information content (AvgIpc) is 3.34. The molecule has 0 saturated carbocycles. The van der Waals surface area contributed by atoms with Crippen molar-refractivity contribution in [3.8, 4) is 45.4 Å². The number of hydrogen-bond acceptors (Lipinski definition) is 4. The first kappa shape index (κ1) is 24.3. The van der Waals surface area contributed by atoms with E-state index in [0.29, 0.717) is 19.8 Å². The summed E-state index contributed by atoms with van der Waals surface area (Å²) in [6, 6.07) is 24.5. The van der Waals surface area contributed by atoms with Gasteiger partial charge in [0, 0.05) is 23.3 Å². The molecule has 35 heavy (non-hydrogen) atoms. The van der Waals surface area contributed by atoms with Crippen LogP contribution in [0.15, 0.2) is 78.9 Å². The fourth-order valence-corrected chi connectivity index (χ4v) is 3.81. The quantitative estimate of drug-likeness (QED) is 0.235. The van der Waals surface area contributed by atoms with Gasteiger partial charge in [0.15, 0.2) is 0 Å². The third kappa shape index (κ3) is 6.19. The Morgan fingerprint density at radius 1 is 0.686 bits per heavy atom.